The average molecular weight is 596 g/mol. The van der Waals surface area contributed by atoms with E-state index in [1.165, 1.54) is 83.5 Å². The molecule has 2 N–H and O–H groups in total. The van der Waals surface area contributed by atoms with Crippen molar-refractivity contribution in [1.82, 2.24) is 0 Å². The second kappa shape index (κ2) is 25.6. The van der Waals surface area contributed by atoms with Gasteiger partial charge in [0.15, 0.2) is 0 Å². The molecule has 0 rings (SSSR count). The molecular weight excluding hydrogens is 530 g/mol. The topological polar surface area (TPSA) is 115 Å². The van der Waals surface area contributed by atoms with E-state index in [1.807, 2.05) is 0 Å². The fourth-order valence-electron chi connectivity index (χ4n) is 5.49. The molecule has 0 bridgehead atoms. The van der Waals surface area contributed by atoms with Crippen LogP contribution in [0.15, 0.2) is 12.2 Å². The molecular formula is C35H65NO6. The molecule has 3 unspecified atom stereocenters. The molecule has 7 nitrogen and oxygen atoms in total. The zero-order valence-electron chi connectivity index (χ0n) is 27.6. The van der Waals surface area contributed by atoms with E-state index in [2.05, 4.69) is 19.1 Å². The summed E-state index contributed by atoms with van der Waals surface area (Å²) < 4.78 is 0.581. The number of carboxylic acids is 3. The summed E-state index contributed by atoms with van der Waals surface area (Å²) in [7, 11) is 0. The molecule has 0 aromatic rings. The van der Waals surface area contributed by atoms with Crippen LogP contribution in [0.1, 0.15) is 150 Å². The van der Waals surface area contributed by atoms with E-state index < -0.39 is 35.7 Å². The number of hydrogen-bond acceptors (Lipinski definition) is 4. The van der Waals surface area contributed by atoms with Gasteiger partial charge in [-0.05, 0) is 38.5 Å². The molecule has 0 saturated heterocycles. The first-order valence-corrected chi connectivity index (χ1v) is 17.2. The van der Waals surface area contributed by atoms with Gasteiger partial charge in [0.25, 0.3) is 0 Å². The first-order chi connectivity index (χ1) is 20.0. The van der Waals surface area contributed by atoms with Gasteiger partial charge in [-0.15, -0.1) is 0 Å². The quantitative estimate of drug-likeness (QED) is 0.0501. The third kappa shape index (κ3) is 21.8. The number of carboxylic acid groups (broad SMARTS) is 3. The number of rotatable bonds is 30. The number of nitrogens with zero attached hydrogens (tertiary/aromatic N) is 1. The summed E-state index contributed by atoms with van der Waals surface area (Å²) >= 11 is 0. The molecule has 0 aliphatic rings. The third-order valence-corrected chi connectivity index (χ3v) is 9.00. The normalized spacial score (nSPS) is 15.3. The van der Waals surface area contributed by atoms with E-state index >= 15 is 0 Å². The van der Waals surface area contributed by atoms with Gasteiger partial charge in [-0.25, -0.2) is 0 Å². The zero-order chi connectivity index (χ0) is 31.6. The molecule has 0 aliphatic carbocycles. The van der Waals surface area contributed by atoms with Gasteiger partial charge in [0.1, 0.15) is 0 Å². The molecule has 246 valence electrons. The van der Waals surface area contributed by atoms with E-state index in [0.717, 1.165) is 25.8 Å². The number of quaternary nitrogens is 1. The van der Waals surface area contributed by atoms with Gasteiger partial charge in [-0.3, -0.25) is 9.59 Å². The monoisotopic (exact) mass is 595 g/mol. The minimum atomic E-state index is -1.07. The standard InChI is InChI=1S/C35H65NO6/c1-5-6-7-8-9-10-11-12-13-14-15-16-17-18-19-20-21-22-26-36(27-23-30(2)33(37)38,28-24-31(3)34(39)40)29-25-32(4)35(41)42/h13-14,30-32H,5-12,15-29H2,1-4H3,(H2-,37,38,39,40,41,42)/b14-13+. The van der Waals surface area contributed by atoms with Crippen LogP contribution < -0.4 is 5.11 Å². The lowest BCUT2D eigenvalue weighted by atomic mass is 10.0. The summed E-state index contributed by atoms with van der Waals surface area (Å²) in [4.78, 5) is 34.4. The van der Waals surface area contributed by atoms with E-state index in [1.54, 1.807) is 20.8 Å². The number of carbonyl (C=O) groups excluding carboxylic acids is 1. The molecule has 0 radical (unpaired) electrons. The Kier molecular flexibility index (Phi) is 24.4. The summed E-state index contributed by atoms with van der Waals surface area (Å²) in [6.07, 6.45) is 26.2. The molecule has 0 saturated carbocycles. The second-order valence-electron chi connectivity index (χ2n) is 12.9. The van der Waals surface area contributed by atoms with E-state index in [-0.39, 0.29) is 0 Å². The van der Waals surface area contributed by atoms with Gasteiger partial charge in [-0.2, -0.15) is 0 Å². The number of carbonyl (C=O) groups is 3. The minimum absolute atomic E-state index is 0.443. The van der Waals surface area contributed by atoms with Gasteiger partial charge in [-0.1, -0.05) is 104 Å². The van der Waals surface area contributed by atoms with Gasteiger partial charge >= 0.3 is 11.9 Å². The molecule has 0 amide bonds. The smallest absolute Gasteiger partial charge is 0.306 e. The molecule has 0 fully saturated rings. The zero-order valence-corrected chi connectivity index (χ0v) is 27.6. The van der Waals surface area contributed by atoms with Crippen LogP contribution in [0.2, 0.25) is 0 Å². The predicted octanol–water partition coefficient (Wildman–Crippen LogP) is 7.62. The lowest BCUT2D eigenvalue weighted by Gasteiger charge is -2.41. The fraction of sp³-hybridized carbons (Fsp3) is 0.857. The largest absolute Gasteiger partial charge is 0.550 e. The number of unbranched alkanes of at least 4 members (excludes halogenated alkanes) is 14. The summed E-state index contributed by atoms with van der Waals surface area (Å²) in [5.41, 5.74) is 0. The third-order valence-electron chi connectivity index (χ3n) is 9.00. The maximum atomic E-state index is 11.5. The van der Waals surface area contributed by atoms with Crippen molar-refractivity contribution < 1.29 is 34.2 Å². The lowest BCUT2D eigenvalue weighted by molar-refractivity contribution is -0.929. The van der Waals surface area contributed by atoms with Gasteiger partial charge in [0.2, 0.25) is 0 Å². The van der Waals surface area contributed by atoms with Gasteiger partial charge in [0, 0.05) is 31.1 Å². The first kappa shape index (κ1) is 40.1. The average Bonchev–Trinajstić information content (AvgIpc) is 2.96. The Labute approximate surface area is 257 Å². The highest BCUT2D eigenvalue weighted by Gasteiger charge is 2.30. The van der Waals surface area contributed by atoms with Crippen molar-refractivity contribution in [3.8, 4) is 0 Å². The van der Waals surface area contributed by atoms with Crippen LogP contribution in [0, 0.1) is 17.8 Å². The summed E-state index contributed by atoms with van der Waals surface area (Å²) in [6, 6.07) is 0. The highest BCUT2D eigenvalue weighted by molar-refractivity contribution is 5.69. The van der Waals surface area contributed by atoms with Crippen LogP contribution in [0.4, 0.5) is 0 Å². The van der Waals surface area contributed by atoms with Crippen molar-refractivity contribution in [2.45, 2.75) is 150 Å². The molecule has 0 aromatic carbocycles. The Morgan fingerprint density at radius 3 is 1.31 bits per heavy atom. The van der Waals surface area contributed by atoms with Crippen LogP contribution in [-0.2, 0) is 14.4 Å². The molecule has 0 heterocycles. The van der Waals surface area contributed by atoms with E-state index in [4.69, 9.17) is 0 Å². The molecule has 42 heavy (non-hydrogen) atoms. The summed E-state index contributed by atoms with van der Waals surface area (Å²) in [6.45, 7) is 9.96. The Hall–Kier alpha value is -1.89. The van der Waals surface area contributed by atoms with Crippen molar-refractivity contribution >= 4 is 17.9 Å². The number of allylic oxidation sites excluding steroid dienone is 2. The van der Waals surface area contributed by atoms with Crippen LogP contribution in [0.25, 0.3) is 0 Å². The second-order valence-corrected chi connectivity index (χ2v) is 12.9. The summed E-state index contributed by atoms with van der Waals surface area (Å²) in [5, 5.41) is 30.2. The van der Waals surface area contributed by atoms with Crippen molar-refractivity contribution in [2.75, 3.05) is 26.2 Å². The Morgan fingerprint density at radius 2 is 0.929 bits per heavy atom. The first-order valence-electron chi connectivity index (χ1n) is 17.2. The van der Waals surface area contributed by atoms with Gasteiger partial charge in [0.05, 0.1) is 38.0 Å². The molecule has 7 heteroatoms. The Bertz CT molecular complexity index is 677. The number of aliphatic carboxylic acids is 3. The Balaban J connectivity index is 4.54. The van der Waals surface area contributed by atoms with Crippen LogP contribution >= 0.6 is 0 Å². The van der Waals surface area contributed by atoms with Crippen molar-refractivity contribution in [3.05, 3.63) is 12.2 Å². The maximum Gasteiger partial charge on any atom is 0.306 e. The van der Waals surface area contributed by atoms with Crippen molar-refractivity contribution in [3.63, 3.8) is 0 Å². The van der Waals surface area contributed by atoms with E-state index in [9.17, 15) is 29.7 Å². The Morgan fingerprint density at radius 1 is 0.571 bits per heavy atom. The minimum Gasteiger partial charge on any atom is -0.550 e. The van der Waals surface area contributed by atoms with Crippen molar-refractivity contribution in [1.29, 1.82) is 0 Å². The number of hydrogen-bond donors (Lipinski definition) is 2. The SMILES string of the molecule is CCCCCCCCC/C=C/CCCCCCCCC[N+](CCC(C)C(=O)[O-])(CCC(C)C(=O)O)CCC(C)C(=O)O. The molecule has 0 aromatic heterocycles. The summed E-state index contributed by atoms with van der Waals surface area (Å²) in [5.74, 6) is -4.32. The van der Waals surface area contributed by atoms with Gasteiger partial charge < -0.3 is 24.6 Å². The highest BCUT2D eigenvalue weighted by Crippen LogP contribution is 2.22. The van der Waals surface area contributed by atoms with E-state index in [0.29, 0.717) is 43.4 Å². The maximum absolute atomic E-state index is 11.5. The van der Waals surface area contributed by atoms with Crippen LogP contribution in [0.3, 0.4) is 0 Å². The van der Waals surface area contributed by atoms with Crippen LogP contribution in [-0.4, -0.2) is 58.8 Å². The van der Waals surface area contributed by atoms with Crippen molar-refractivity contribution in [2.24, 2.45) is 17.8 Å². The molecule has 3 atom stereocenters. The molecule has 0 spiro atoms. The fourth-order valence-corrected chi connectivity index (χ4v) is 5.49. The lowest BCUT2D eigenvalue weighted by Crippen LogP contribution is -2.52. The predicted molar refractivity (Wildman–Crippen MR) is 170 cm³/mol. The molecule has 0 aliphatic heterocycles. The highest BCUT2D eigenvalue weighted by atomic mass is 16.4. The van der Waals surface area contributed by atoms with Crippen LogP contribution in [0.5, 0.6) is 0 Å².